The van der Waals surface area contributed by atoms with Gasteiger partial charge in [0.15, 0.2) is 0 Å². The highest BCUT2D eigenvalue weighted by molar-refractivity contribution is 6.43. The van der Waals surface area contributed by atoms with E-state index >= 15 is 0 Å². The molecule has 0 radical (unpaired) electrons. The van der Waals surface area contributed by atoms with E-state index in [9.17, 15) is 0 Å². The molecule has 0 amide bonds. The standard InChI is InChI=1S/C10H8Cl3N3/c1-2-8-14-15-10(13)16(8)7-5-3-4-6(11)9(7)12/h3-5H,2H2,1H3. The smallest absolute Gasteiger partial charge is 0.229 e. The Morgan fingerprint density at radius 3 is 2.62 bits per heavy atom. The topological polar surface area (TPSA) is 30.7 Å². The first kappa shape index (κ1) is 11.7. The van der Waals surface area contributed by atoms with Crippen LogP contribution in [-0.2, 0) is 6.42 Å². The van der Waals surface area contributed by atoms with E-state index < -0.39 is 0 Å². The van der Waals surface area contributed by atoms with Crippen LogP contribution in [0.5, 0.6) is 0 Å². The molecule has 0 saturated carbocycles. The summed E-state index contributed by atoms with van der Waals surface area (Å²) in [7, 11) is 0. The molecule has 0 aliphatic heterocycles. The fourth-order valence-corrected chi connectivity index (χ4v) is 2.03. The first-order valence-electron chi connectivity index (χ1n) is 4.69. The molecule has 0 fully saturated rings. The van der Waals surface area contributed by atoms with Gasteiger partial charge in [-0.3, -0.25) is 4.57 Å². The maximum Gasteiger partial charge on any atom is 0.229 e. The summed E-state index contributed by atoms with van der Waals surface area (Å²) < 4.78 is 1.69. The van der Waals surface area contributed by atoms with Crippen LogP contribution in [0.15, 0.2) is 18.2 Å². The second kappa shape index (κ2) is 4.62. The summed E-state index contributed by atoms with van der Waals surface area (Å²) in [6.07, 6.45) is 0.711. The average molecular weight is 277 g/mol. The molecule has 1 heterocycles. The Labute approximate surface area is 108 Å². The van der Waals surface area contributed by atoms with E-state index in [2.05, 4.69) is 10.2 Å². The van der Waals surface area contributed by atoms with Crippen molar-refractivity contribution in [2.75, 3.05) is 0 Å². The summed E-state index contributed by atoms with van der Waals surface area (Å²) in [5, 5.41) is 8.97. The third kappa shape index (κ3) is 1.90. The van der Waals surface area contributed by atoms with Gasteiger partial charge in [0.2, 0.25) is 5.28 Å². The number of aromatic nitrogens is 3. The molecule has 84 valence electrons. The third-order valence-corrected chi connectivity index (χ3v) is 3.23. The molecule has 3 nitrogen and oxygen atoms in total. The molecule has 2 rings (SSSR count). The zero-order valence-corrected chi connectivity index (χ0v) is 10.7. The lowest BCUT2D eigenvalue weighted by Gasteiger charge is -2.09. The van der Waals surface area contributed by atoms with Gasteiger partial charge in [0.05, 0.1) is 15.7 Å². The zero-order valence-electron chi connectivity index (χ0n) is 8.41. The first-order chi connectivity index (χ1) is 7.65. The molecule has 0 unspecified atom stereocenters. The van der Waals surface area contributed by atoms with Gasteiger partial charge in [0, 0.05) is 6.42 Å². The summed E-state index contributed by atoms with van der Waals surface area (Å²) in [5.41, 5.74) is 0.695. The summed E-state index contributed by atoms with van der Waals surface area (Å²) in [6.45, 7) is 1.97. The Balaban J connectivity index is 2.67. The fourth-order valence-electron chi connectivity index (χ4n) is 1.43. The minimum atomic E-state index is 0.279. The normalized spacial score (nSPS) is 10.8. The van der Waals surface area contributed by atoms with Crippen LogP contribution in [0.3, 0.4) is 0 Å². The van der Waals surface area contributed by atoms with Crippen molar-refractivity contribution in [3.63, 3.8) is 0 Å². The van der Waals surface area contributed by atoms with Crippen LogP contribution in [0.4, 0.5) is 0 Å². The molecule has 1 aromatic carbocycles. The van der Waals surface area contributed by atoms with Crippen molar-refractivity contribution < 1.29 is 0 Å². The molecule has 2 aromatic rings. The van der Waals surface area contributed by atoms with Crippen LogP contribution in [0.2, 0.25) is 15.3 Å². The van der Waals surface area contributed by atoms with E-state index in [4.69, 9.17) is 34.8 Å². The van der Waals surface area contributed by atoms with Crippen molar-refractivity contribution in [2.24, 2.45) is 0 Å². The molecule has 0 spiro atoms. The van der Waals surface area contributed by atoms with E-state index in [-0.39, 0.29) is 5.28 Å². The minimum absolute atomic E-state index is 0.279. The highest BCUT2D eigenvalue weighted by Crippen LogP contribution is 2.30. The quantitative estimate of drug-likeness (QED) is 0.835. The molecular formula is C10H8Cl3N3. The third-order valence-electron chi connectivity index (χ3n) is 2.18. The van der Waals surface area contributed by atoms with Gasteiger partial charge < -0.3 is 0 Å². The lowest BCUT2D eigenvalue weighted by Crippen LogP contribution is -2.01. The summed E-state index contributed by atoms with van der Waals surface area (Å²) in [5.74, 6) is 0.745. The predicted molar refractivity (Wildman–Crippen MR) is 65.8 cm³/mol. The van der Waals surface area contributed by atoms with Gasteiger partial charge >= 0.3 is 0 Å². The lowest BCUT2D eigenvalue weighted by atomic mass is 10.3. The Bertz CT molecular complexity index is 522. The largest absolute Gasteiger partial charge is 0.268 e. The van der Waals surface area contributed by atoms with Crippen LogP contribution in [0, 0.1) is 0 Å². The fraction of sp³-hybridized carbons (Fsp3) is 0.200. The van der Waals surface area contributed by atoms with Crippen LogP contribution in [-0.4, -0.2) is 14.8 Å². The van der Waals surface area contributed by atoms with Gasteiger partial charge in [-0.15, -0.1) is 10.2 Å². The minimum Gasteiger partial charge on any atom is -0.268 e. The first-order valence-corrected chi connectivity index (χ1v) is 5.82. The number of halogens is 3. The maximum absolute atomic E-state index is 6.12. The monoisotopic (exact) mass is 275 g/mol. The van der Waals surface area contributed by atoms with Crippen LogP contribution >= 0.6 is 34.8 Å². The Kier molecular flexibility index (Phi) is 3.38. The highest BCUT2D eigenvalue weighted by Gasteiger charge is 2.14. The average Bonchev–Trinajstić information content (AvgIpc) is 2.64. The van der Waals surface area contributed by atoms with Gasteiger partial charge in [-0.05, 0) is 23.7 Å². The number of benzene rings is 1. The zero-order chi connectivity index (χ0) is 11.7. The summed E-state index contributed by atoms with van der Waals surface area (Å²) in [4.78, 5) is 0. The molecule has 0 aliphatic rings. The second-order valence-electron chi connectivity index (χ2n) is 3.15. The van der Waals surface area contributed by atoms with Crippen molar-refractivity contribution >= 4 is 34.8 Å². The highest BCUT2D eigenvalue weighted by atomic mass is 35.5. The Morgan fingerprint density at radius 1 is 1.19 bits per heavy atom. The number of aryl methyl sites for hydroxylation is 1. The lowest BCUT2D eigenvalue weighted by molar-refractivity contribution is 0.883. The second-order valence-corrected chi connectivity index (χ2v) is 4.27. The van der Waals surface area contributed by atoms with Crippen molar-refractivity contribution in [1.29, 1.82) is 0 Å². The Morgan fingerprint density at radius 2 is 1.94 bits per heavy atom. The number of rotatable bonds is 2. The number of hydrogen-bond acceptors (Lipinski definition) is 2. The maximum atomic E-state index is 6.12. The van der Waals surface area contributed by atoms with Crippen LogP contribution in [0.1, 0.15) is 12.7 Å². The van der Waals surface area contributed by atoms with Gasteiger partial charge in [-0.1, -0.05) is 36.2 Å². The Hall–Kier alpha value is -0.770. The molecule has 0 atom stereocenters. The van der Waals surface area contributed by atoms with Gasteiger partial charge in [0.25, 0.3) is 0 Å². The van der Waals surface area contributed by atoms with Crippen molar-refractivity contribution in [3.8, 4) is 5.69 Å². The van der Waals surface area contributed by atoms with Crippen LogP contribution < -0.4 is 0 Å². The molecule has 6 heteroatoms. The molecule has 0 bridgehead atoms. The van der Waals surface area contributed by atoms with Gasteiger partial charge in [-0.2, -0.15) is 0 Å². The SMILES string of the molecule is CCc1nnc(Cl)n1-c1cccc(Cl)c1Cl. The summed E-state index contributed by atoms with van der Waals surface area (Å²) >= 11 is 18.0. The molecule has 1 aromatic heterocycles. The van der Waals surface area contributed by atoms with E-state index in [1.807, 2.05) is 13.0 Å². The molecule has 0 N–H and O–H groups in total. The predicted octanol–water partition coefficient (Wildman–Crippen LogP) is 3.79. The molecule has 0 aliphatic carbocycles. The van der Waals surface area contributed by atoms with Gasteiger partial charge in [0.1, 0.15) is 5.82 Å². The van der Waals surface area contributed by atoms with E-state index in [0.717, 1.165) is 5.82 Å². The van der Waals surface area contributed by atoms with E-state index in [1.165, 1.54) is 0 Å². The van der Waals surface area contributed by atoms with E-state index in [1.54, 1.807) is 16.7 Å². The molecule has 0 saturated heterocycles. The van der Waals surface area contributed by atoms with E-state index in [0.29, 0.717) is 22.2 Å². The number of nitrogens with zero attached hydrogens (tertiary/aromatic N) is 3. The van der Waals surface area contributed by atoms with Crippen molar-refractivity contribution in [2.45, 2.75) is 13.3 Å². The number of hydrogen-bond donors (Lipinski definition) is 0. The molecular weight excluding hydrogens is 268 g/mol. The van der Waals surface area contributed by atoms with Gasteiger partial charge in [-0.25, -0.2) is 0 Å². The van der Waals surface area contributed by atoms with Crippen LogP contribution in [0.25, 0.3) is 5.69 Å². The summed E-state index contributed by atoms with van der Waals surface area (Å²) in [6, 6.07) is 5.35. The molecule has 16 heavy (non-hydrogen) atoms. The van der Waals surface area contributed by atoms with Crippen molar-refractivity contribution in [3.05, 3.63) is 39.4 Å². The van der Waals surface area contributed by atoms with Crippen molar-refractivity contribution in [1.82, 2.24) is 14.8 Å².